The summed E-state index contributed by atoms with van der Waals surface area (Å²) in [5.41, 5.74) is 2.02. The van der Waals surface area contributed by atoms with Gasteiger partial charge >= 0.3 is 0 Å². The van der Waals surface area contributed by atoms with Crippen LogP contribution >= 0.6 is 0 Å². The van der Waals surface area contributed by atoms with Crippen LogP contribution < -0.4 is 5.32 Å². The van der Waals surface area contributed by atoms with Crippen LogP contribution in [0.15, 0.2) is 24.8 Å². The summed E-state index contributed by atoms with van der Waals surface area (Å²) in [5, 5.41) is 10.9. The first-order valence-corrected chi connectivity index (χ1v) is 4.65. The molecule has 2 aromatic rings. The summed E-state index contributed by atoms with van der Waals surface area (Å²) in [6.07, 6.45) is 5.02. The highest BCUT2D eigenvalue weighted by Crippen LogP contribution is 1.94. The fraction of sp³-hybridized carbons (Fsp3) is 0.333. The Morgan fingerprint density at radius 2 is 2.33 bits per heavy atom. The topological polar surface area (TPSA) is 68.5 Å². The van der Waals surface area contributed by atoms with Crippen LogP contribution in [0.2, 0.25) is 0 Å². The molecule has 2 heterocycles. The number of nitrogens with one attached hydrogen (secondary N) is 1. The molecule has 0 aliphatic heterocycles. The van der Waals surface area contributed by atoms with Gasteiger partial charge in [0.05, 0.1) is 17.6 Å². The Bertz CT molecular complexity index is 410. The number of hydrogen-bond donors (Lipinski definition) is 1. The average Bonchev–Trinajstić information content (AvgIpc) is 2.66. The van der Waals surface area contributed by atoms with Crippen LogP contribution in [-0.4, -0.2) is 25.0 Å². The summed E-state index contributed by atoms with van der Waals surface area (Å²) in [6, 6.07) is 1.88. The molecule has 15 heavy (non-hydrogen) atoms. The van der Waals surface area contributed by atoms with Crippen molar-refractivity contribution in [2.24, 2.45) is 7.05 Å². The van der Waals surface area contributed by atoms with Crippen molar-refractivity contribution in [1.29, 1.82) is 0 Å². The highest BCUT2D eigenvalue weighted by molar-refractivity contribution is 4.98. The minimum Gasteiger partial charge on any atom is -0.305 e. The second-order valence-electron chi connectivity index (χ2n) is 3.15. The third-order valence-corrected chi connectivity index (χ3v) is 2.06. The zero-order valence-electron chi connectivity index (χ0n) is 8.46. The molecule has 0 aliphatic rings. The minimum atomic E-state index is 0.716. The van der Waals surface area contributed by atoms with E-state index in [1.165, 1.54) is 0 Å². The van der Waals surface area contributed by atoms with E-state index in [-0.39, 0.29) is 0 Å². The van der Waals surface area contributed by atoms with E-state index in [2.05, 4.69) is 25.6 Å². The molecule has 6 heteroatoms. The molecule has 0 atom stereocenters. The monoisotopic (exact) mass is 204 g/mol. The van der Waals surface area contributed by atoms with Gasteiger partial charge < -0.3 is 5.32 Å². The lowest BCUT2D eigenvalue weighted by molar-refractivity contribution is 0.611. The largest absolute Gasteiger partial charge is 0.305 e. The molecule has 6 nitrogen and oxygen atoms in total. The van der Waals surface area contributed by atoms with Crippen LogP contribution in [0, 0.1) is 0 Å². The molecule has 78 valence electrons. The Labute approximate surface area is 87.4 Å². The van der Waals surface area contributed by atoms with E-state index in [1.807, 2.05) is 13.1 Å². The van der Waals surface area contributed by atoms with E-state index in [9.17, 15) is 0 Å². The second kappa shape index (κ2) is 4.61. The predicted octanol–water partition coefficient (Wildman–Crippen LogP) is -0.105. The zero-order valence-corrected chi connectivity index (χ0v) is 8.46. The van der Waals surface area contributed by atoms with Crippen molar-refractivity contribution in [2.45, 2.75) is 13.1 Å². The molecule has 2 rings (SSSR count). The molecule has 0 saturated heterocycles. The summed E-state index contributed by atoms with van der Waals surface area (Å²) >= 11 is 0. The molecule has 0 radical (unpaired) electrons. The Kier molecular flexibility index (Phi) is 2.99. The molecule has 0 amide bonds. The first-order valence-electron chi connectivity index (χ1n) is 4.65. The average molecular weight is 204 g/mol. The van der Waals surface area contributed by atoms with Gasteiger partial charge in [-0.25, -0.2) is 9.97 Å². The SMILES string of the molecule is Cn1nncc1CNCc1ccncn1. The Morgan fingerprint density at radius 3 is 3.00 bits per heavy atom. The van der Waals surface area contributed by atoms with Gasteiger partial charge in [0.15, 0.2) is 0 Å². The van der Waals surface area contributed by atoms with Crippen molar-refractivity contribution < 1.29 is 0 Å². The van der Waals surface area contributed by atoms with Crippen LogP contribution in [0.25, 0.3) is 0 Å². The van der Waals surface area contributed by atoms with E-state index in [0.717, 1.165) is 17.9 Å². The van der Waals surface area contributed by atoms with E-state index in [1.54, 1.807) is 23.4 Å². The van der Waals surface area contributed by atoms with E-state index < -0.39 is 0 Å². The van der Waals surface area contributed by atoms with Crippen molar-refractivity contribution in [3.05, 3.63) is 36.2 Å². The fourth-order valence-corrected chi connectivity index (χ4v) is 1.21. The predicted molar refractivity (Wildman–Crippen MR) is 53.6 cm³/mol. The molecule has 0 fully saturated rings. The van der Waals surface area contributed by atoms with Gasteiger partial charge in [0.1, 0.15) is 6.33 Å². The maximum Gasteiger partial charge on any atom is 0.115 e. The quantitative estimate of drug-likeness (QED) is 0.753. The molecule has 0 aromatic carbocycles. The summed E-state index contributed by atoms with van der Waals surface area (Å²) in [6.45, 7) is 1.45. The lowest BCUT2D eigenvalue weighted by atomic mass is 10.4. The van der Waals surface area contributed by atoms with Crippen LogP contribution in [0.1, 0.15) is 11.4 Å². The Balaban J connectivity index is 1.83. The van der Waals surface area contributed by atoms with Crippen molar-refractivity contribution in [2.75, 3.05) is 0 Å². The van der Waals surface area contributed by atoms with Crippen molar-refractivity contribution in [3.63, 3.8) is 0 Å². The van der Waals surface area contributed by atoms with Crippen LogP contribution in [-0.2, 0) is 20.1 Å². The number of rotatable bonds is 4. The summed E-state index contributed by atoms with van der Waals surface area (Å²) in [7, 11) is 1.87. The summed E-state index contributed by atoms with van der Waals surface area (Å²) in [4.78, 5) is 7.96. The van der Waals surface area contributed by atoms with Crippen molar-refractivity contribution >= 4 is 0 Å². The van der Waals surface area contributed by atoms with Crippen molar-refractivity contribution in [1.82, 2.24) is 30.3 Å². The molecule has 0 aliphatic carbocycles. The Morgan fingerprint density at radius 1 is 1.40 bits per heavy atom. The summed E-state index contributed by atoms with van der Waals surface area (Å²) < 4.78 is 1.74. The lowest BCUT2D eigenvalue weighted by Crippen LogP contribution is -2.15. The smallest absolute Gasteiger partial charge is 0.115 e. The highest BCUT2D eigenvalue weighted by Gasteiger charge is 1.99. The normalized spacial score (nSPS) is 10.5. The number of aryl methyl sites for hydroxylation is 1. The maximum atomic E-state index is 4.11. The third-order valence-electron chi connectivity index (χ3n) is 2.06. The molecule has 0 saturated carbocycles. The van der Waals surface area contributed by atoms with E-state index >= 15 is 0 Å². The molecule has 0 bridgehead atoms. The molecule has 1 N–H and O–H groups in total. The van der Waals surface area contributed by atoms with Gasteiger partial charge in [-0.15, -0.1) is 5.10 Å². The second-order valence-corrected chi connectivity index (χ2v) is 3.15. The zero-order chi connectivity index (χ0) is 10.5. The van der Waals surface area contributed by atoms with Crippen LogP contribution in [0.3, 0.4) is 0 Å². The van der Waals surface area contributed by atoms with Gasteiger partial charge in [0.2, 0.25) is 0 Å². The van der Waals surface area contributed by atoms with Crippen LogP contribution in [0.4, 0.5) is 0 Å². The third kappa shape index (κ3) is 2.57. The van der Waals surface area contributed by atoms with Crippen LogP contribution in [0.5, 0.6) is 0 Å². The molecular formula is C9H12N6. The van der Waals surface area contributed by atoms with Gasteiger partial charge in [-0.05, 0) is 6.07 Å². The minimum absolute atomic E-state index is 0.716. The lowest BCUT2D eigenvalue weighted by Gasteiger charge is -2.03. The van der Waals surface area contributed by atoms with Gasteiger partial charge in [-0.1, -0.05) is 5.21 Å². The standard InChI is InChI=1S/C9H12N6/c1-15-9(6-13-14-15)5-11-4-8-2-3-10-7-12-8/h2-3,6-7,11H,4-5H2,1H3. The number of aromatic nitrogens is 5. The molecule has 2 aromatic heterocycles. The molecule has 0 spiro atoms. The van der Waals surface area contributed by atoms with Gasteiger partial charge in [-0.2, -0.15) is 0 Å². The first-order chi connectivity index (χ1) is 7.36. The van der Waals surface area contributed by atoms with Gasteiger partial charge in [0.25, 0.3) is 0 Å². The number of hydrogen-bond acceptors (Lipinski definition) is 5. The van der Waals surface area contributed by atoms with Gasteiger partial charge in [0, 0.05) is 26.3 Å². The fourth-order valence-electron chi connectivity index (χ4n) is 1.21. The first kappa shape index (κ1) is 9.72. The molecular weight excluding hydrogens is 192 g/mol. The summed E-state index contributed by atoms with van der Waals surface area (Å²) in [5.74, 6) is 0. The number of nitrogens with zero attached hydrogens (tertiary/aromatic N) is 5. The Hall–Kier alpha value is -1.82. The van der Waals surface area contributed by atoms with Gasteiger partial charge in [-0.3, -0.25) is 4.68 Å². The van der Waals surface area contributed by atoms with E-state index in [4.69, 9.17) is 0 Å². The molecule has 0 unspecified atom stereocenters. The van der Waals surface area contributed by atoms with Crippen molar-refractivity contribution in [3.8, 4) is 0 Å². The van der Waals surface area contributed by atoms with E-state index in [0.29, 0.717) is 6.54 Å². The maximum absolute atomic E-state index is 4.11. The highest BCUT2D eigenvalue weighted by atomic mass is 15.4.